The number of rotatable bonds is 3. The van der Waals surface area contributed by atoms with Gasteiger partial charge in [0, 0.05) is 5.02 Å². The summed E-state index contributed by atoms with van der Waals surface area (Å²) in [4.78, 5) is 0. The van der Waals surface area contributed by atoms with E-state index in [1.54, 1.807) is 6.07 Å². The molecule has 0 atom stereocenters. The molecule has 1 heterocycles. The fourth-order valence-corrected chi connectivity index (χ4v) is 1.67. The molecule has 19 heavy (non-hydrogen) atoms. The van der Waals surface area contributed by atoms with Crippen LogP contribution in [0.15, 0.2) is 22.8 Å². The predicted octanol–water partition coefficient (Wildman–Crippen LogP) is 1.83. The summed E-state index contributed by atoms with van der Waals surface area (Å²) in [7, 11) is 0. The van der Waals surface area contributed by atoms with Crippen LogP contribution in [0.1, 0.15) is 16.8 Å². The molecule has 1 aromatic heterocycles. The van der Waals surface area contributed by atoms with Crippen molar-refractivity contribution in [3.8, 4) is 0 Å². The molecule has 0 amide bonds. The van der Waals surface area contributed by atoms with Crippen molar-refractivity contribution in [3.05, 3.63) is 40.0 Å². The normalized spacial score (nSPS) is 10.5. The van der Waals surface area contributed by atoms with Gasteiger partial charge in [0.25, 0.3) is 0 Å². The number of nitrogens with zero attached hydrogens (tertiary/aromatic N) is 3. The molecule has 0 saturated heterocycles. The average Bonchev–Trinajstić information content (AvgIpc) is 2.79. The van der Waals surface area contributed by atoms with E-state index >= 15 is 0 Å². The van der Waals surface area contributed by atoms with E-state index in [0.29, 0.717) is 10.1 Å². The summed E-state index contributed by atoms with van der Waals surface area (Å²) >= 11 is 5.99. The van der Waals surface area contributed by atoms with Crippen LogP contribution in [0.3, 0.4) is 0 Å². The van der Waals surface area contributed by atoms with E-state index in [-0.39, 0.29) is 23.9 Å². The number of benzene rings is 1. The number of nitrogens with one attached hydrogen (secondary N) is 1. The summed E-state index contributed by atoms with van der Waals surface area (Å²) in [6, 6.07) is 5.36. The number of aromatic nitrogens is 2. The van der Waals surface area contributed by atoms with Crippen molar-refractivity contribution in [3.63, 3.8) is 0 Å². The van der Waals surface area contributed by atoms with Crippen LogP contribution in [-0.2, 0) is 6.54 Å². The van der Waals surface area contributed by atoms with Crippen molar-refractivity contribution in [2.75, 3.05) is 5.73 Å². The second-order valence-electron chi connectivity index (χ2n) is 3.99. The Morgan fingerprint density at radius 1 is 1.53 bits per heavy atom. The van der Waals surface area contributed by atoms with Gasteiger partial charge in [0.15, 0.2) is 17.3 Å². The molecule has 0 unspecified atom stereocenters. The topological polar surface area (TPSA) is 112 Å². The first-order chi connectivity index (χ1) is 8.99. The first kappa shape index (κ1) is 13.3. The van der Waals surface area contributed by atoms with E-state index < -0.39 is 0 Å². The molecule has 2 rings (SSSR count). The summed E-state index contributed by atoms with van der Waals surface area (Å²) in [5, 5.41) is 25.6. The lowest BCUT2D eigenvalue weighted by molar-refractivity contribution is -0.0233. The quantitative estimate of drug-likeness (QED) is 0.449. The monoisotopic (exact) mass is 281 g/mol. The smallest absolute Gasteiger partial charge is 0.199 e. The van der Waals surface area contributed by atoms with Crippen LogP contribution in [0, 0.1) is 12.3 Å². The van der Waals surface area contributed by atoms with E-state index in [9.17, 15) is 5.21 Å². The Bertz CT molecular complexity index is 613. The van der Waals surface area contributed by atoms with Crippen LogP contribution in [0.4, 0.5) is 5.82 Å². The number of aryl methyl sites for hydroxylation is 1. The molecule has 0 aliphatic rings. The molecule has 1 aromatic carbocycles. The van der Waals surface area contributed by atoms with Gasteiger partial charge in [-0.15, -0.1) is 0 Å². The van der Waals surface area contributed by atoms with Crippen molar-refractivity contribution in [1.82, 2.24) is 15.4 Å². The van der Waals surface area contributed by atoms with Crippen LogP contribution in [0.25, 0.3) is 0 Å². The number of hydrogen-bond acceptors (Lipinski definition) is 6. The largest absolute Gasteiger partial charge is 0.379 e. The Morgan fingerprint density at radius 3 is 2.84 bits per heavy atom. The second-order valence-corrected chi connectivity index (χ2v) is 4.40. The SMILES string of the molecule is Cc1ccc(CN(O)C(=N)c2nonc2N)cc1Cl. The maximum atomic E-state index is 9.83. The van der Waals surface area contributed by atoms with Gasteiger partial charge >= 0.3 is 0 Å². The molecule has 0 fully saturated rings. The molecular weight excluding hydrogens is 270 g/mol. The highest BCUT2D eigenvalue weighted by Gasteiger charge is 2.18. The van der Waals surface area contributed by atoms with Crippen molar-refractivity contribution in [1.29, 1.82) is 5.41 Å². The first-order valence-electron chi connectivity index (χ1n) is 5.37. The minimum atomic E-state index is -0.296. The highest BCUT2D eigenvalue weighted by atomic mass is 35.5. The fourth-order valence-electron chi connectivity index (χ4n) is 1.47. The zero-order chi connectivity index (χ0) is 14.0. The third-order valence-corrected chi connectivity index (χ3v) is 2.97. The molecule has 0 bridgehead atoms. The van der Waals surface area contributed by atoms with Crippen LogP contribution < -0.4 is 5.73 Å². The van der Waals surface area contributed by atoms with Gasteiger partial charge in [-0.3, -0.25) is 10.6 Å². The number of hydrogen-bond donors (Lipinski definition) is 3. The van der Waals surface area contributed by atoms with Crippen molar-refractivity contribution in [2.45, 2.75) is 13.5 Å². The van der Waals surface area contributed by atoms with E-state index in [1.807, 2.05) is 19.1 Å². The Hall–Kier alpha value is -2.12. The van der Waals surface area contributed by atoms with Crippen LogP contribution in [0.5, 0.6) is 0 Å². The summed E-state index contributed by atoms with van der Waals surface area (Å²) in [6.07, 6.45) is 0. The second kappa shape index (κ2) is 5.25. The highest BCUT2D eigenvalue weighted by molar-refractivity contribution is 6.31. The summed E-state index contributed by atoms with van der Waals surface area (Å²) in [5.74, 6) is -0.346. The lowest BCUT2D eigenvalue weighted by Crippen LogP contribution is -2.28. The standard InChI is InChI=1S/C11H12ClN5O2/c1-6-2-3-7(4-8(6)12)5-17(18)11(14)9-10(13)16-19-15-9/h2-4,14,18H,5H2,1H3,(H2,13,16). The number of halogens is 1. The van der Waals surface area contributed by atoms with Crippen LogP contribution in [-0.4, -0.2) is 26.4 Å². The molecule has 4 N–H and O–H groups in total. The summed E-state index contributed by atoms with van der Waals surface area (Å²) in [6.45, 7) is 1.96. The minimum Gasteiger partial charge on any atom is -0.379 e. The highest BCUT2D eigenvalue weighted by Crippen LogP contribution is 2.18. The van der Waals surface area contributed by atoms with Crippen LogP contribution >= 0.6 is 11.6 Å². The molecular formula is C11H12ClN5O2. The zero-order valence-corrected chi connectivity index (χ0v) is 10.8. The molecule has 0 spiro atoms. The maximum absolute atomic E-state index is 9.83. The predicted molar refractivity (Wildman–Crippen MR) is 69.1 cm³/mol. The zero-order valence-electron chi connectivity index (χ0n) is 10.1. The molecule has 8 heteroatoms. The number of hydroxylamine groups is 2. The Kier molecular flexibility index (Phi) is 3.68. The van der Waals surface area contributed by atoms with E-state index in [4.69, 9.17) is 22.7 Å². The number of nitrogens with two attached hydrogens (primary N) is 1. The molecule has 0 radical (unpaired) electrons. The number of amidine groups is 1. The first-order valence-corrected chi connectivity index (χ1v) is 5.75. The van der Waals surface area contributed by atoms with Gasteiger partial charge in [0.2, 0.25) is 0 Å². The van der Waals surface area contributed by atoms with Gasteiger partial charge in [-0.05, 0) is 34.4 Å². The van der Waals surface area contributed by atoms with Gasteiger partial charge < -0.3 is 5.73 Å². The fraction of sp³-hybridized carbons (Fsp3) is 0.182. The van der Waals surface area contributed by atoms with Crippen LogP contribution in [0.2, 0.25) is 5.02 Å². The Morgan fingerprint density at radius 2 is 2.26 bits per heavy atom. The number of nitrogen functional groups attached to an aromatic ring is 1. The third kappa shape index (κ3) is 2.83. The third-order valence-electron chi connectivity index (χ3n) is 2.56. The number of anilines is 1. The van der Waals surface area contributed by atoms with Crippen molar-refractivity contribution < 1.29 is 9.84 Å². The lowest BCUT2D eigenvalue weighted by atomic mass is 10.1. The molecule has 0 aliphatic carbocycles. The van der Waals surface area contributed by atoms with Gasteiger partial charge in [-0.1, -0.05) is 23.7 Å². The Labute approximate surface area is 114 Å². The summed E-state index contributed by atoms with van der Waals surface area (Å²) in [5.41, 5.74) is 7.12. The molecule has 0 aliphatic heterocycles. The minimum absolute atomic E-state index is 0.0132. The van der Waals surface area contributed by atoms with Crippen molar-refractivity contribution in [2.24, 2.45) is 0 Å². The van der Waals surface area contributed by atoms with Gasteiger partial charge in [0.05, 0.1) is 6.54 Å². The van der Waals surface area contributed by atoms with Gasteiger partial charge in [-0.25, -0.2) is 9.69 Å². The average molecular weight is 282 g/mol. The lowest BCUT2D eigenvalue weighted by Gasteiger charge is -2.16. The Balaban J connectivity index is 2.13. The van der Waals surface area contributed by atoms with E-state index in [0.717, 1.165) is 11.1 Å². The van der Waals surface area contributed by atoms with E-state index in [1.165, 1.54) is 0 Å². The molecule has 100 valence electrons. The van der Waals surface area contributed by atoms with Crippen molar-refractivity contribution >= 4 is 23.3 Å². The molecule has 2 aromatic rings. The van der Waals surface area contributed by atoms with E-state index in [2.05, 4.69) is 14.9 Å². The maximum Gasteiger partial charge on any atom is 0.199 e. The summed E-state index contributed by atoms with van der Waals surface area (Å²) < 4.78 is 4.38. The molecule has 0 saturated carbocycles. The van der Waals surface area contributed by atoms with Gasteiger partial charge in [-0.2, -0.15) is 0 Å². The molecule has 7 nitrogen and oxygen atoms in total. The van der Waals surface area contributed by atoms with Gasteiger partial charge in [0.1, 0.15) is 0 Å².